The lowest BCUT2D eigenvalue weighted by Gasteiger charge is -2.19. The van der Waals surface area contributed by atoms with Gasteiger partial charge in [-0.3, -0.25) is 10.2 Å². The monoisotopic (exact) mass is 533 g/mol. The Morgan fingerprint density at radius 2 is 1.56 bits per heavy atom. The van der Waals surface area contributed by atoms with Crippen LogP contribution < -0.4 is 10.4 Å². The largest absolute Gasteiger partial charge is 0.280 e. The Labute approximate surface area is 217 Å². The van der Waals surface area contributed by atoms with Crippen molar-refractivity contribution in [3.05, 3.63) is 85.3 Å². The Kier molecular flexibility index (Phi) is 7.14. The van der Waals surface area contributed by atoms with E-state index in [0.717, 1.165) is 16.7 Å². The van der Waals surface area contributed by atoms with Gasteiger partial charge in [-0.2, -0.15) is 10.2 Å². The number of hydrazine groups is 1. The van der Waals surface area contributed by atoms with Crippen LogP contribution in [0, 0.1) is 20.8 Å². The normalized spacial score (nSPS) is 17.1. The maximum Gasteiger partial charge on any atom is 0.280 e. The fourth-order valence-electron chi connectivity index (χ4n) is 3.32. The maximum absolute atomic E-state index is 13.4. The molecule has 1 heterocycles. The van der Waals surface area contributed by atoms with E-state index >= 15 is 0 Å². The summed E-state index contributed by atoms with van der Waals surface area (Å²) >= 11 is 25.1. The standard InChI is InChI=1S/C24H19Cl4N5O/c1-12-4-7-17(26)20(8-12)29-23-21(31-30-16-6-5-13(2)14(3)9-16)24(34)33(32-23)22-18(27)10-15(25)11-19(22)28/h4-11,21H,1-3H3,(H,29,32). The zero-order valence-corrected chi connectivity index (χ0v) is 21.4. The molecule has 1 amide bonds. The van der Waals surface area contributed by atoms with Crippen molar-refractivity contribution in [2.75, 3.05) is 5.01 Å². The molecule has 3 aromatic rings. The molecule has 10 heteroatoms. The number of halogens is 4. The van der Waals surface area contributed by atoms with Crippen molar-refractivity contribution < 1.29 is 4.79 Å². The van der Waals surface area contributed by atoms with E-state index in [1.54, 1.807) is 6.07 Å². The molecule has 1 saturated heterocycles. The van der Waals surface area contributed by atoms with E-state index in [2.05, 4.69) is 20.6 Å². The lowest BCUT2D eigenvalue weighted by molar-refractivity contribution is -0.117. The molecule has 1 N–H and O–H groups in total. The van der Waals surface area contributed by atoms with Crippen molar-refractivity contribution in [1.29, 1.82) is 0 Å². The van der Waals surface area contributed by atoms with Gasteiger partial charge in [0.2, 0.25) is 6.04 Å². The van der Waals surface area contributed by atoms with Crippen LogP contribution in [0.1, 0.15) is 16.7 Å². The van der Waals surface area contributed by atoms with Gasteiger partial charge >= 0.3 is 0 Å². The Balaban J connectivity index is 1.79. The summed E-state index contributed by atoms with van der Waals surface area (Å²) in [5.41, 5.74) is 7.47. The van der Waals surface area contributed by atoms with Gasteiger partial charge < -0.3 is 0 Å². The van der Waals surface area contributed by atoms with Gasteiger partial charge in [-0.25, -0.2) is 10.0 Å². The molecule has 0 bridgehead atoms. The number of amides is 1. The second kappa shape index (κ2) is 9.92. The smallest absolute Gasteiger partial charge is 0.276 e. The molecule has 34 heavy (non-hydrogen) atoms. The first-order chi connectivity index (χ1) is 16.1. The third-order valence-corrected chi connectivity index (χ3v) is 6.38. The Morgan fingerprint density at radius 1 is 0.853 bits per heavy atom. The van der Waals surface area contributed by atoms with Crippen molar-refractivity contribution >= 4 is 75.2 Å². The number of carbonyl (C=O) groups is 1. The molecule has 1 atom stereocenters. The van der Waals surface area contributed by atoms with E-state index in [-0.39, 0.29) is 21.6 Å². The third-order valence-electron chi connectivity index (χ3n) is 5.27. The molecule has 1 fully saturated rings. The fraction of sp³-hybridized carbons (Fsp3) is 0.167. The number of carbonyl (C=O) groups excluding carboxylic acids is 1. The van der Waals surface area contributed by atoms with Gasteiger partial charge in [-0.05, 0) is 73.9 Å². The lowest BCUT2D eigenvalue weighted by atomic mass is 10.1. The molecule has 174 valence electrons. The second-order valence-corrected chi connectivity index (χ2v) is 9.50. The Hall–Kier alpha value is -2.64. The molecule has 0 aliphatic carbocycles. The molecule has 0 saturated carbocycles. The van der Waals surface area contributed by atoms with Gasteiger partial charge in [0.1, 0.15) is 5.69 Å². The van der Waals surface area contributed by atoms with Crippen LogP contribution in [0.3, 0.4) is 0 Å². The van der Waals surface area contributed by atoms with Crippen LogP contribution in [0.5, 0.6) is 0 Å². The number of anilines is 1. The third kappa shape index (κ3) is 5.05. The number of hydrogen-bond acceptors (Lipinski definition) is 4. The van der Waals surface area contributed by atoms with Crippen LogP contribution in [0.2, 0.25) is 20.1 Å². The minimum atomic E-state index is -1.07. The number of aryl methyl sites for hydroxylation is 3. The van der Waals surface area contributed by atoms with Crippen LogP contribution in [0.25, 0.3) is 0 Å². The van der Waals surface area contributed by atoms with Crippen LogP contribution in [-0.2, 0) is 4.79 Å². The minimum Gasteiger partial charge on any atom is -0.276 e. The van der Waals surface area contributed by atoms with E-state index in [1.807, 2.05) is 51.1 Å². The second-order valence-electron chi connectivity index (χ2n) is 7.84. The van der Waals surface area contributed by atoms with E-state index in [9.17, 15) is 4.79 Å². The number of azo groups is 1. The van der Waals surface area contributed by atoms with E-state index < -0.39 is 11.9 Å². The van der Waals surface area contributed by atoms with Gasteiger partial charge in [0.15, 0.2) is 5.84 Å². The van der Waals surface area contributed by atoms with Crippen molar-refractivity contribution in [1.82, 2.24) is 5.43 Å². The summed E-state index contributed by atoms with van der Waals surface area (Å²) in [6.07, 6.45) is 0. The first kappa shape index (κ1) is 24.5. The molecule has 0 radical (unpaired) electrons. The number of amidine groups is 1. The maximum atomic E-state index is 13.4. The summed E-state index contributed by atoms with van der Waals surface area (Å²) in [5.74, 6) is -0.228. The highest BCUT2D eigenvalue weighted by Gasteiger charge is 2.41. The number of rotatable bonds is 4. The number of benzene rings is 3. The van der Waals surface area contributed by atoms with Crippen LogP contribution >= 0.6 is 46.4 Å². The molecule has 0 aromatic heterocycles. The molecule has 1 aliphatic heterocycles. The fourth-order valence-corrected chi connectivity index (χ4v) is 4.47. The van der Waals surface area contributed by atoms with Gasteiger partial charge in [-0.1, -0.05) is 58.5 Å². The predicted molar refractivity (Wildman–Crippen MR) is 140 cm³/mol. The van der Waals surface area contributed by atoms with Gasteiger partial charge in [0.25, 0.3) is 5.91 Å². The van der Waals surface area contributed by atoms with E-state index in [0.29, 0.717) is 21.4 Å². The summed E-state index contributed by atoms with van der Waals surface area (Å²) in [6, 6.07) is 13.0. The minimum absolute atomic E-state index is 0.193. The number of nitrogens with zero attached hydrogens (tertiary/aromatic N) is 4. The summed E-state index contributed by atoms with van der Waals surface area (Å²) in [7, 11) is 0. The van der Waals surface area contributed by atoms with Crippen molar-refractivity contribution in [2.45, 2.75) is 26.8 Å². The Bertz CT molecular complexity index is 1330. The average molecular weight is 535 g/mol. The van der Waals surface area contributed by atoms with Crippen LogP contribution in [-0.4, -0.2) is 17.8 Å². The number of nitrogens with one attached hydrogen (secondary N) is 1. The van der Waals surface area contributed by atoms with Gasteiger partial charge in [0.05, 0.1) is 26.4 Å². The average Bonchev–Trinajstić information content (AvgIpc) is 3.06. The molecule has 1 aliphatic rings. The summed E-state index contributed by atoms with van der Waals surface area (Å²) in [4.78, 5) is 18.0. The van der Waals surface area contributed by atoms with Crippen LogP contribution in [0.15, 0.2) is 63.8 Å². The summed E-state index contributed by atoms with van der Waals surface area (Å²) < 4.78 is 0. The molecular formula is C24H19Cl4N5O. The molecule has 4 rings (SSSR count). The molecule has 6 nitrogen and oxygen atoms in total. The van der Waals surface area contributed by atoms with Crippen molar-refractivity contribution in [3.8, 4) is 0 Å². The SMILES string of the molecule is Cc1ccc(Cl)c(N=C2NN(c3c(Cl)cc(Cl)cc3Cl)C(=O)C2N=Nc2ccc(C)c(C)c2)c1. The molecular weight excluding hydrogens is 516 g/mol. The van der Waals surface area contributed by atoms with Crippen molar-refractivity contribution in [3.63, 3.8) is 0 Å². The first-order valence-electron chi connectivity index (χ1n) is 10.2. The Morgan fingerprint density at radius 3 is 2.24 bits per heavy atom. The highest BCUT2D eigenvalue weighted by atomic mass is 35.5. The van der Waals surface area contributed by atoms with Gasteiger partial charge in [0, 0.05) is 5.02 Å². The zero-order chi connectivity index (χ0) is 24.6. The first-order valence-corrected chi connectivity index (χ1v) is 11.7. The quantitative estimate of drug-likeness (QED) is 0.345. The summed E-state index contributed by atoms with van der Waals surface area (Å²) in [6.45, 7) is 5.91. The van der Waals surface area contributed by atoms with Crippen molar-refractivity contribution in [2.24, 2.45) is 15.2 Å². The highest BCUT2D eigenvalue weighted by molar-refractivity contribution is 6.43. The number of hydrogen-bond donors (Lipinski definition) is 1. The van der Waals surface area contributed by atoms with E-state index in [4.69, 9.17) is 46.4 Å². The van der Waals surface area contributed by atoms with Gasteiger partial charge in [-0.15, -0.1) is 0 Å². The lowest BCUT2D eigenvalue weighted by Crippen LogP contribution is -2.36. The molecule has 3 aromatic carbocycles. The highest BCUT2D eigenvalue weighted by Crippen LogP contribution is 2.38. The molecule has 0 spiro atoms. The zero-order valence-electron chi connectivity index (χ0n) is 18.4. The topological polar surface area (TPSA) is 69.4 Å². The van der Waals surface area contributed by atoms with E-state index in [1.165, 1.54) is 17.1 Å². The summed E-state index contributed by atoms with van der Waals surface area (Å²) in [5, 5.41) is 11.0. The number of aliphatic imine (C=N–C) groups is 1. The predicted octanol–water partition coefficient (Wildman–Crippen LogP) is 7.96. The molecule has 1 unspecified atom stereocenters. The van der Waals surface area contributed by atoms with Crippen LogP contribution in [0.4, 0.5) is 17.1 Å².